The molecule has 0 aliphatic heterocycles. The van der Waals surface area contributed by atoms with E-state index in [1.807, 2.05) is 72.8 Å². The van der Waals surface area contributed by atoms with E-state index in [1.165, 1.54) is 0 Å². The van der Waals surface area contributed by atoms with Crippen molar-refractivity contribution >= 4 is 7.25 Å². The zero-order valence-electron chi connectivity index (χ0n) is 19.3. The number of benzene rings is 3. The molecular weight excluding hydrogens is 463 g/mol. The molecule has 0 atom stereocenters. The third kappa shape index (κ3) is 7.50. The Morgan fingerprint density at radius 2 is 0.771 bits per heavy atom. The van der Waals surface area contributed by atoms with Gasteiger partial charge in [-0.2, -0.15) is 0 Å². The molecule has 0 saturated heterocycles. The molecule has 0 amide bonds. The molecule has 0 unspecified atom stereocenters. The van der Waals surface area contributed by atoms with Crippen molar-refractivity contribution in [1.82, 2.24) is 0 Å². The number of methoxy groups -OCH3 is 3. The molecule has 0 aliphatic rings. The van der Waals surface area contributed by atoms with Gasteiger partial charge < -0.3 is 31.5 Å². The van der Waals surface area contributed by atoms with Crippen LogP contribution >= 0.6 is 0 Å². The van der Waals surface area contributed by atoms with Gasteiger partial charge in [0.1, 0.15) is 17.2 Å². The van der Waals surface area contributed by atoms with Crippen LogP contribution in [-0.4, -0.2) is 28.6 Å². The summed E-state index contributed by atoms with van der Waals surface area (Å²) in [6.07, 6.45) is 0. The largest absolute Gasteiger partial charge is 0.673 e. The van der Waals surface area contributed by atoms with E-state index < -0.39 is 7.25 Å². The maximum absolute atomic E-state index is 9.75. The molecule has 3 aromatic carbocycles. The second kappa shape index (κ2) is 11.4. The van der Waals surface area contributed by atoms with Crippen LogP contribution in [0.4, 0.5) is 17.3 Å². The number of rotatable bonds is 6. The maximum atomic E-state index is 9.75. The van der Waals surface area contributed by atoms with Gasteiger partial charge in [0.05, 0.1) is 44.6 Å². The minimum absolute atomic E-state index is 0.775. The van der Waals surface area contributed by atoms with Crippen LogP contribution in [-0.2, 0) is 0 Å². The third-order valence-electron chi connectivity index (χ3n) is 4.97. The lowest BCUT2D eigenvalue weighted by atomic mass is 10.0. The average molecular weight is 486 g/mol. The molecule has 4 aromatic rings. The first kappa shape index (κ1) is 25.6. The topological polar surface area (TPSA) is 39.0 Å². The summed E-state index contributed by atoms with van der Waals surface area (Å²) in [5.74, 6) is 3.99. The Bertz CT molecular complexity index is 1060. The van der Waals surface area contributed by atoms with Gasteiger partial charge in [-0.1, -0.05) is 12.1 Å². The Labute approximate surface area is 200 Å². The molecule has 1 heterocycles. The summed E-state index contributed by atoms with van der Waals surface area (Å²) in [6, 6.07) is 27.8. The van der Waals surface area contributed by atoms with Gasteiger partial charge in [-0.15, -0.1) is 0 Å². The van der Waals surface area contributed by atoms with Crippen LogP contribution in [0.1, 0.15) is 0 Å². The molecule has 4 rings (SSSR count). The van der Waals surface area contributed by atoms with E-state index in [0.717, 1.165) is 51.0 Å². The first-order chi connectivity index (χ1) is 16.7. The van der Waals surface area contributed by atoms with Crippen molar-refractivity contribution in [3.05, 3.63) is 84.9 Å². The molecule has 0 N–H and O–H groups in total. The first-order valence-electron chi connectivity index (χ1n) is 10.5. The van der Waals surface area contributed by atoms with Gasteiger partial charge in [0.25, 0.3) is 0 Å². The molecule has 4 nitrogen and oxygen atoms in total. The van der Waals surface area contributed by atoms with E-state index >= 15 is 0 Å². The van der Waals surface area contributed by atoms with Gasteiger partial charge in [0.2, 0.25) is 0 Å². The third-order valence-corrected chi connectivity index (χ3v) is 4.97. The predicted octanol–water partition coefficient (Wildman–Crippen LogP) is 7.89. The second-order valence-corrected chi connectivity index (χ2v) is 7.25. The van der Waals surface area contributed by atoms with Gasteiger partial charge in [0.15, 0.2) is 0 Å². The highest BCUT2D eigenvalue weighted by atomic mass is 19.5. The van der Waals surface area contributed by atoms with Crippen molar-refractivity contribution in [3.8, 4) is 51.0 Å². The summed E-state index contributed by atoms with van der Waals surface area (Å²) in [4.78, 5) is 0. The van der Waals surface area contributed by atoms with E-state index in [0.29, 0.717) is 0 Å². The Morgan fingerprint density at radius 1 is 0.486 bits per heavy atom. The summed E-state index contributed by atoms with van der Waals surface area (Å²) in [6.45, 7) is 0. The Kier molecular flexibility index (Phi) is 8.36. The Morgan fingerprint density at radius 3 is 1.06 bits per heavy atom. The lowest BCUT2D eigenvalue weighted by Crippen LogP contribution is -2.02. The molecule has 0 spiro atoms. The fourth-order valence-corrected chi connectivity index (χ4v) is 3.25. The van der Waals surface area contributed by atoms with Crippen molar-refractivity contribution < 1.29 is 35.9 Å². The normalized spacial score (nSPS) is 10.7. The molecule has 1 aromatic heterocycles. The highest BCUT2D eigenvalue weighted by Crippen LogP contribution is 2.34. The van der Waals surface area contributed by atoms with Crippen molar-refractivity contribution in [2.45, 2.75) is 0 Å². The summed E-state index contributed by atoms with van der Waals surface area (Å²) in [5.41, 5.74) is 4.08. The lowest BCUT2D eigenvalue weighted by molar-refractivity contribution is 0.368. The van der Waals surface area contributed by atoms with Gasteiger partial charge in [-0.05, 0) is 66.2 Å². The highest BCUT2D eigenvalue weighted by Gasteiger charge is 2.21. The van der Waals surface area contributed by atoms with E-state index in [4.69, 9.17) is 18.6 Å². The van der Waals surface area contributed by atoms with E-state index in [1.54, 1.807) is 21.3 Å². The minimum Gasteiger partial charge on any atom is -0.497 e. The monoisotopic (exact) mass is 486 g/mol. The SMILES string of the molecule is COc1ccc(-c2cc(-c3ccc(OC)cc3)[o+]c(-c3ccc(OC)cc3)c2)cc1.F[B-](F)(F)F. The highest BCUT2D eigenvalue weighted by molar-refractivity contribution is 6.50. The number of halogens is 4. The van der Waals surface area contributed by atoms with E-state index in [2.05, 4.69) is 12.1 Å². The van der Waals surface area contributed by atoms with E-state index in [9.17, 15) is 17.3 Å². The van der Waals surface area contributed by atoms with Gasteiger partial charge in [-0.25, -0.2) is 4.42 Å². The molecule has 0 bridgehead atoms. The van der Waals surface area contributed by atoms with Crippen LogP contribution in [0.3, 0.4) is 0 Å². The van der Waals surface area contributed by atoms with Crippen LogP contribution in [0.25, 0.3) is 33.8 Å². The average Bonchev–Trinajstić information content (AvgIpc) is 2.87. The van der Waals surface area contributed by atoms with Crippen molar-refractivity contribution in [2.24, 2.45) is 0 Å². The van der Waals surface area contributed by atoms with Crippen molar-refractivity contribution in [3.63, 3.8) is 0 Å². The molecule has 0 radical (unpaired) electrons. The smallest absolute Gasteiger partial charge is 0.497 e. The fraction of sp³-hybridized carbons (Fsp3) is 0.115. The lowest BCUT2D eigenvalue weighted by Gasteiger charge is -2.05. The maximum Gasteiger partial charge on any atom is 0.673 e. The van der Waals surface area contributed by atoms with Crippen LogP contribution in [0.2, 0.25) is 0 Å². The summed E-state index contributed by atoms with van der Waals surface area (Å²) in [7, 11) is -1.02. The van der Waals surface area contributed by atoms with Crippen molar-refractivity contribution in [2.75, 3.05) is 21.3 Å². The summed E-state index contributed by atoms with van der Waals surface area (Å²) in [5, 5.41) is 0. The zero-order valence-corrected chi connectivity index (χ0v) is 19.3. The summed E-state index contributed by atoms with van der Waals surface area (Å²) < 4.78 is 61.2. The fourth-order valence-electron chi connectivity index (χ4n) is 3.25. The molecule has 9 heteroatoms. The van der Waals surface area contributed by atoms with Crippen molar-refractivity contribution in [1.29, 1.82) is 0 Å². The number of ether oxygens (including phenoxy) is 3. The number of hydrogen-bond acceptors (Lipinski definition) is 3. The first-order valence-corrected chi connectivity index (χ1v) is 10.5. The zero-order chi connectivity index (χ0) is 25.4. The quantitative estimate of drug-likeness (QED) is 0.158. The van der Waals surface area contributed by atoms with Gasteiger partial charge in [0, 0.05) is 5.56 Å². The molecular formula is C26H23BF4O4. The van der Waals surface area contributed by atoms with Gasteiger partial charge in [-0.3, -0.25) is 0 Å². The standard InChI is InChI=1S/C26H23O4.BF4/c1-27-22-10-4-18(5-11-22)21-16-25(19-6-12-23(28-2)13-7-19)30-26(17-21)20-8-14-24(29-3)15-9-20;2-1(3,4)5/h4-17H,1-3H3;/q+1;-1. The van der Waals surface area contributed by atoms with E-state index in [-0.39, 0.29) is 0 Å². The Balaban J connectivity index is 0.000000623. The second-order valence-electron chi connectivity index (χ2n) is 7.25. The van der Waals surface area contributed by atoms with Crippen LogP contribution in [0.5, 0.6) is 17.2 Å². The summed E-state index contributed by atoms with van der Waals surface area (Å²) >= 11 is 0. The van der Waals surface area contributed by atoms with Crippen LogP contribution < -0.4 is 14.2 Å². The molecule has 182 valence electrons. The molecule has 0 aliphatic carbocycles. The molecule has 35 heavy (non-hydrogen) atoms. The van der Waals surface area contributed by atoms with Gasteiger partial charge >= 0.3 is 18.8 Å². The minimum atomic E-state index is -6.00. The van der Waals surface area contributed by atoms with Crippen LogP contribution in [0, 0.1) is 0 Å². The Hall–Kier alpha value is -4.01. The number of hydrogen-bond donors (Lipinski definition) is 0. The predicted molar refractivity (Wildman–Crippen MR) is 129 cm³/mol. The molecule has 0 saturated carbocycles. The van der Waals surface area contributed by atoms with Crippen LogP contribution in [0.15, 0.2) is 89.3 Å². The molecule has 0 fully saturated rings.